The zero-order valence-corrected chi connectivity index (χ0v) is 13.9. The molecule has 24 heavy (non-hydrogen) atoms. The molecule has 0 radical (unpaired) electrons. The molecule has 0 bridgehead atoms. The summed E-state index contributed by atoms with van der Waals surface area (Å²) in [5.74, 6) is 1.44. The molecule has 1 fully saturated rings. The lowest BCUT2D eigenvalue weighted by molar-refractivity contribution is 0.117. The van der Waals surface area contributed by atoms with E-state index < -0.39 is 0 Å². The summed E-state index contributed by atoms with van der Waals surface area (Å²) >= 11 is 0. The molecule has 1 unspecified atom stereocenters. The van der Waals surface area contributed by atoms with Crippen molar-refractivity contribution in [2.45, 2.75) is 19.4 Å². The second kappa shape index (κ2) is 6.19. The average molecular weight is 322 g/mol. The van der Waals surface area contributed by atoms with E-state index in [1.807, 2.05) is 29.2 Å². The van der Waals surface area contributed by atoms with Gasteiger partial charge in [-0.2, -0.15) is 0 Å². The molecule has 1 atom stereocenters. The Morgan fingerprint density at radius 3 is 2.88 bits per heavy atom. The first-order valence-electron chi connectivity index (χ1n) is 8.52. The van der Waals surface area contributed by atoms with Crippen molar-refractivity contribution in [1.29, 1.82) is 0 Å². The Morgan fingerprint density at radius 2 is 2.04 bits per heavy atom. The maximum absolute atomic E-state index is 12.4. The monoisotopic (exact) mass is 322 g/mol. The lowest BCUT2D eigenvalue weighted by atomic mass is 9.92. The van der Waals surface area contributed by atoms with Crippen LogP contribution in [-0.2, 0) is 6.42 Å². The molecule has 2 aliphatic rings. The van der Waals surface area contributed by atoms with Gasteiger partial charge in [0.1, 0.15) is 12.4 Å². The van der Waals surface area contributed by atoms with Gasteiger partial charge in [-0.25, -0.2) is 4.79 Å². The number of carbonyl (C=O) groups excluding carboxylic acids is 1. The molecular formula is C20H22N2O2. The van der Waals surface area contributed by atoms with Gasteiger partial charge in [0.15, 0.2) is 0 Å². The predicted octanol–water partition coefficient (Wildman–Crippen LogP) is 3.31. The van der Waals surface area contributed by atoms with E-state index in [-0.39, 0.29) is 12.1 Å². The van der Waals surface area contributed by atoms with E-state index in [0.29, 0.717) is 12.5 Å². The largest absolute Gasteiger partial charge is 0.491 e. The number of benzene rings is 2. The number of amides is 2. The van der Waals surface area contributed by atoms with Crippen LogP contribution in [0.4, 0.5) is 4.79 Å². The summed E-state index contributed by atoms with van der Waals surface area (Å²) in [6.07, 6.45) is 1.04. The number of rotatable bonds is 3. The van der Waals surface area contributed by atoms with E-state index in [1.165, 1.54) is 11.1 Å². The van der Waals surface area contributed by atoms with Gasteiger partial charge < -0.3 is 15.0 Å². The van der Waals surface area contributed by atoms with Crippen molar-refractivity contribution >= 4 is 6.03 Å². The van der Waals surface area contributed by atoms with Gasteiger partial charge in [-0.1, -0.05) is 48.0 Å². The van der Waals surface area contributed by atoms with Crippen molar-refractivity contribution in [3.05, 3.63) is 65.2 Å². The number of nitrogens with one attached hydrogen (secondary N) is 1. The Morgan fingerprint density at radius 1 is 1.21 bits per heavy atom. The van der Waals surface area contributed by atoms with Crippen molar-refractivity contribution in [3.63, 3.8) is 0 Å². The molecule has 1 saturated heterocycles. The first kappa shape index (κ1) is 15.1. The first-order chi connectivity index (χ1) is 11.7. The highest BCUT2D eigenvalue weighted by Gasteiger charge is 2.33. The van der Waals surface area contributed by atoms with Crippen LogP contribution in [0, 0.1) is 12.8 Å². The van der Waals surface area contributed by atoms with E-state index >= 15 is 0 Å². The van der Waals surface area contributed by atoms with Crippen LogP contribution in [0.25, 0.3) is 0 Å². The first-order valence-corrected chi connectivity index (χ1v) is 8.52. The molecule has 0 saturated carbocycles. The number of carbonyl (C=O) groups is 1. The van der Waals surface area contributed by atoms with Gasteiger partial charge in [-0.05, 0) is 30.9 Å². The Kier molecular flexibility index (Phi) is 3.89. The third-order valence-corrected chi connectivity index (χ3v) is 4.85. The number of urea groups is 1. The van der Waals surface area contributed by atoms with E-state index in [9.17, 15) is 4.79 Å². The van der Waals surface area contributed by atoms with Crippen LogP contribution in [0.3, 0.4) is 0 Å². The van der Waals surface area contributed by atoms with Crippen molar-refractivity contribution in [3.8, 4) is 5.75 Å². The highest BCUT2D eigenvalue weighted by atomic mass is 16.5. The second-order valence-corrected chi connectivity index (χ2v) is 6.82. The normalized spacial score (nSPS) is 19.4. The Hall–Kier alpha value is -2.49. The number of hydrogen-bond acceptors (Lipinski definition) is 2. The van der Waals surface area contributed by atoms with Gasteiger partial charge in [0.25, 0.3) is 0 Å². The number of fused-ring (bicyclic) bond motifs is 1. The van der Waals surface area contributed by atoms with Crippen LogP contribution >= 0.6 is 0 Å². The fourth-order valence-corrected chi connectivity index (χ4v) is 3.56. The number of nitrogens with zero attached hydrogens (tertiary/aromatic N) is 1. The van der Waals surface area contributed by atoms with Gasteiger partial charge in [0.05, 0.1) is 6.04 Å². The Balaban J connectivity index is 1.29. The zero-order valence-electron chi connectivity index (χ0n) is 13.9. The SMILES string of the molecule is Cc1cccc(CC2CN(C(=O)NC3COc4ccccc43)C2)c1. The topological polar surface area (TPSA) is 41.6 Å². The Labute approximate surface area is 142 Å². The molecule has 2 aromatic rings. The Bertz CT molecular complexity index is 753. The fourth-order valence-electron chi connectivity index (χ4n) is 3.56. The van der Waals surface area contributed by atoms with Gasteiger partial charge >= 0.3 is 6.03 Å². The predicted molar refractivity (Wildman–Crippen MR) is 93.2 cm³/mol. The summed E-state index contributed by atoms with van der Waals surface area (Å²) < 4.78 is 5.62. The number of para-hydroxylation sites is 1. The van der Waals surface area contributed by atoms with Crippen molar-refractivity contribution in [2.75, 3.05) is 19.7 Å². The molecule has 4 nitrogen and oxygen atoms in total. The number of aryl methyl sites for hydroxylation is 1. The van der Waals surface area contributed by atoms with E-state index in [4.69, 9.17) is 4.74 Å². The number of hydrogen-bond donors (Lipinski definition) is 1. The maximum atomic E-state index is 12.4. The molecular weight excluding hydrogens is 300 g/mol. The summed E-state index contributed by atoms with van der Waals surface area (Å²) in [6.45, 7) is 4.29. The van der Waals surface area contributed by atoms with Crippen LogP contribution in [0.2, 0.25) is 0 Å². The highest BCUT2D eigenvalue weighted by molar-refractivity contribution is 5.76. The molecule has 4 rings (SSSR count). The van der Waals surface area contributed by atoms with E-state index in [2.05, 4.69) is 36.5 Å². The lowest BCUT2D eigenvalue weighted by Gasteiger charge is -2.39. The van der Waals surface area contributed by atoms with Gasteiger partial charge in [0.2, 0.25) is 0 Å². The molecule has 1 N–H and O–H groups in total. The third-order valence-electron chi connectivity index (χ3n) is 4.85. The number of likely N-dealkylation sites (tertiary alicyclic amines) is 1. The number of ether oxygens (including phenoxy) is 1. The molecule has 2 aromatic carbocycles. The van der Waals surface area contributed by atoms with Gasteiger partial charge in [0, 0.05) is 18.7 Å². The van der Waals surface area contributed by atoms with E-state index in [0.717, 1.165) is 30.8 Å². The molecule has 0 spiro atoms. The lowest BCUT2D eigenvalue weighted by Crippen LogP contribution is -2.55. The van der Waals surface area contributed by atoms with Crippen LogP contribution in [-0.4, -0.2) is 30.6 Å². The molecule has 2 heterocycles. The quantitative estimate of drug-likeness (QED) is 0.942. The summed E-state index contributed by atoms with van der Waals surface area (Å²) in [4.78, 5) is 14.3. The molecule has 0 aliphatic carbocycles. The van der Waals surface area contributed by atoms with Gasteiger partial charge in [-0.15, -0.1) is 0 Å². The summed E-state index contributed by atoms with van der Waals surface area (Å²) in [6, 6.07) is 16.5. The third kappa shape index (κ3) is 2.96. The minimum Gasteiger partial charge on any atom is -0.491 e. The average Bonchev–Trinajstić information content (AvgIpc) is 2.94. The van der Waals surface area contributed by atoms with Crippen molar-refractivity contribution in [1.82, 2.24) is 10.2 Å². The minimum absolute atomic E-state index is 0.0146. The molecule has 0 aromatic heterocycles. The molecule has 2 aliphatic heterocycles. The minimum atomic E-state index is -0.0375. The molecule has 2 amide bonds. The second-order valence-electron chi connectivity index (χ2n) is 6.82. The van der Waals surface area contributed by atoms with E-state index in [1.54, 1.807) is 0 Å². The van der Waals surface area contributed by atoms with Crippen LogP contribution in [0.15, 0.2) is 48.5 Å². The van der Waals surface area contributed by atoms with Crippen LogP contribution in [0.1, 0.15) is 22.7 Å². The van der Waals surface area contributed by atoms with Crippen LogP contribution in [0.5, 0.6) is 5.75 Å². The molecule has 4 heteroatoms. The summed E-state index contributed by atoms with van der Waals surface area (Å²) in [7, 11) is 0. The maximum Gasteiger partial charge on any atom is 0.318 e. The smallest absolute Gasteiger partial charge is 0.318 e. The van der Waals surface area contributed by atoms with Crippen molar-refractivity contribution in [2.24, 2.45) is 5.92 Å². The summed E-state index contributed by atoms with van der Waals surface area (Å²) in [5, 5.41) is 3.09. The zero-order chi connectivity index (χ0) is 16.5. The van der Waals surface area contributed by atoms with Crippen LogP contribution < -0.4 is 10.1 Å². The highest BCUT2D eigenvalue weighted by Crippen LogP contribution is 2.32. The summed E-state index contributed by atoms with van der Waals surface area (Å²) in [5.41, 5.74) is 3.72. The fraction of sp³-hybridized carbons (Fsp3) is 0.350. The van der Waals surface area contributed by atoms with Gasteiger partial charge in [-0.3, -0.25) is 0 Å². The molecule has 124 valence electrons. The van der Waals surface area contributed by atoms with Crippen molar-refractivity contribution < 1.29 is 9.53 Å². The standard InChI is InChI=1S/C20H22N2O2/c1-14-5-4-6-15(9-14)10-16-11-22(12-16)20(23)21-18-13-24-19-8-3-2-7-17(18)19/h2-9,16,18H,10-13H2,1H3,(H,21,23).